The van der Waals surface area contributed by atoms with Gasteiger partial charge in [-0.2, -0.15) is 4.98 Å². The molecule has 0 amide bonds. The van der Waals surface area contributed by atoms with Gasteiger partial charge in [0.1, 0.15) is 0 Å². The normalized spacial score (nSPS) is 18.4. The fraction of sp³-hybridized carbons (Fsp3) is 0.500. The highest BCUT2D eigenvalue weighted by atomic mass is 79.9. The van der Waals surface area contributed by atoms with Crippen LogP contribution in [0.5, 0.6) is 0 Å². The summed E-state index contributed by atoms with van der Waals surface area (Å²) in [6.07, 6.45) is 0. The predicted molar refractivity (Wildman–Crippen MR) is 85.9 cm³/mol. The standard InChI is InChI=1S/C12H14Br2N4OS/c1-7(18-4-2-15-3-5-18)11-16-12(19-17-11)9-6-8(13)10(14)20-9/h6-7,15H,2-5H2,1H3. The molecule has 1 fully saturated rings. The van der Waals surface area contributed by atoms with Gasteiger partial charge in [0, 0.05) is 30.7 Å². The summed E-state index contributed by atoms with van der Waals surface area (Å²) >= 11 is 8.53. The smallest absolute Gasteiger partial charge is 0.268 e. The Kier molecular flexibility index (Phi) is 4.56. The van der Waals surface area contributed by atoms with Gasteiger partial charge in [0.25, 0.3) is 5.89 Å². The Balaban J connectivity index is 1.79. The lowest BCUT2D eigenvalue weighted by atomic mass is 10.2. The maximum Gasteiger partial charge on any atom is 0.268 e. The third kappa shape index (κ3) is 2.99. The molecule has 0 aromatic carbocycles. The fourth-order valence-corrected chi connectivity index (χ4v) is 4.15. The Bertz CT molecular complexity index is 575. The third-order valence-electron chi connectivity index (χ3n) is 3.37. The number of aromatic nitrogens is 2. The van der Waals surface area contributed by atoms with Crippen molar-refractivity contribution in [3.8, 4) is 10.8 Å². The number of piperazine rings is 1. The van der Waals surface area contributed by atoms with E-state index in [2.05, 4.69) is 59.1 Å². The van der Waals surface area contributed by atoms with E-state index in [0.717, 1.165) is 45.1 Å². The van der Waals surface area contributed by atoms with E-state index >= 15 is 0 Å². The van der Waals surface area contributed by atoms with Crippen LogP contribution in [0.2, 0.25) is 0 Å². The van der Waals surface area contributed by atoms with Crippen LogP contribution >= 0.6 is 43.2 Å². The summed E-state index contributed by atoms with van der Waals surface area (Å²) in [7, 11) is 0. The SMILES string of the molecule is CC(c1noc(-c2cc(Br)c(Br)s2)n1)N1CCNCC1. The molecule has 1 N–H and O–H groups in total. The molecule has 1 aliphatic rings. The molecule has 1 saturated heterocycles. The highest BCUT2D eigenvalue weighted by Gasteiger charge is 2.23. The van der Waals surface area contributed by atoms with E-state index in [1.807, 2.05) is 6.07 Å². The van der Waals surface area contributed by atoms with Crippen LogP contribution in [0.25, 0.3) is 10.8 Å². The minimum absolute atomic E-state index is 0.182. The van der Waals surface area contributed by atoms with Gasteiger partial charge in [-0.1, -0.05) is 5.16 Å². The number of hydrogen-bond acceptors (Lipinski definition) is 6. The summed E-state index contributed by atoms with van der Waals surface area (Å²) in [6, 6.07) is 2.17. The van der Waals surface area contributed by atoms with Gasteiger partial charge in [-0.25, -0.2) is 0 Å². The second-order valence-corrected chi connectivity index (χ2v) is 7.88. The summed E-state index contributed by atoms with van der Waals surface area (Å²) in [4.78, 5) is 7.87. The first-order valence-corrected chi connectivity index (χ1v) is 8.79. The molecular formula is C12H14Br2N4OS. The van der Waals surface area contributed by atoms with Crippen molar-refractivity contribution in [1.82, 2.24) is 20.4 Å². The predicted octanol–water partition coefficient (Wildman–Crippen LogP) is 3.29. The molecule has 2 aromatic rings. The molecule has 0 radical (unpaired) electrons. The molecule has 0 saturated carbocycles. The van der Waals surface area contributed by atoms with Crippen LogP contribution in [0.4, 0.5) is 0 Å². The number of nitrogens with one attached hydrogen (secondary N) is 1. The fourth-order valence-electron chi connectivity index (χ4n) is 2.19. The molecule has 0 bridgehead atoms. The molecule has 1 unspecified atom stereocenters. The quantitative estimate of drug-likeness (QED) is 0.823. The molecule has 3 heterocycles. The van der Waals surface area contributed by atoms with Gasteiger partial charge in [-0.15, -0.1) is 11.3 Å². The van der Waals surface area contributed by atoms with Gasteiger partial charge in [0.05, 0.1) is 14.7 Å². The molecule has 20 heavy (non-hydrogen) atoms. The maximum absolute atomic E-state index is 5.40. The molecule has 0 aliphatic carbocycles. The maximum atomic E-state index is 5.40. The van der Waals surface area contributed by atoms with Crippen LogP contribution in [0.15, 0.2) is 18.8 Å². The van der Waals surface area contributed by atoms with Crippen molar-refractivity contribution in [3.63, 3.8) is 0 Å². The molecule has 0 spiro atoms. The van der Waals surface area contributed by atoms with Crippen molar-refractivity contribution < 1.29 is 4.52 Å². The Morgan fingerprint density at radius 3 is 2.80 bits per heavy atom. The van der Waals surface area contributed by atoms with Crippen molar-refractivity contribution in [2.24, 2.45) is 0 Å². The lowest BCUT2D eigenvalue weighted by Crippen LogP contribution is -2.44. The molecule has 8 heteroatoms. The molecule has 5 nitrogen and oxygen atoms in total. The van der Waals surface area contributed by atoms with Gasteiger partial charge in [0.2, 0.25) is 0 Å². The Morgan fingerprint density at radius 1 is 1.40 bits per heavy atom. The van der Waals surface area contributed by atoms with E-state index in [0.29, 0.717) is 5.89 Å². The zero-order chi connectivity index (χ0) is 14.1. The highest BCUT2D eigenvalue weighted by Crippen LogP contribution is 2.37. The van der Waals surface area contributed by atoms with Gasteiger partial charge in [0.15, 0.2) is 5.82 Å². The van der Waals surface area contributed by atoms with Crippen LogP contribution in [-0.4, -0.2) is 41.2 Å². The molecular weight excluding hydrogens is 408 g/mol. The number of halogens is 2. The zero-order valence-corrected chi connectivity index (χ0v) is 14.9. The Morgan fingerprint density at radius 2 is 2.15 bits per heavy atom. The lowest BCUT2D eigenvalue weighted by molar-refractivity contribution is 0.176. The van der Waals surface area contributed by atoms with Crippen molar-refractivity contribution in [2.75, 3.05) is 26.2 Å². The summed E-state index contributed by atoms with van der Waals surface area (Å²) in [5.74, 6) is 1.33. The topological polar surface area (TPSA) is 54.2 Å². The minimum atomic E-state index is 0.182. The van der Waals surface area contributed by atoms with E-state index in [1.165, 1.54) is 0 Å². The van der Waals surface area contributed by atoms with Gasteiger partial charge in [-0.05, 0) is 44.8 Å². The lowest BCUT2D eigenvalue weighted by Gasteiger charge is -2.30. The van der Waals surface area contributed by atoms with Gasteiger partial charge < -0.3 is 9.84 Å². The summed E-state index contributed by atoms with van der Waals surface area (Å²) in [5.41, 5.74) is 0. The van der Waals surface area contributed by atoms with Gasteiger partial charge in [-0.3, -0.25) is 4.90 Å². The van der Waals surface area contributed by atoms with Crippen molar-refractivity contribution in [3.05, 3.63) is 20.1 Å². The second-order valence-electron chi connectivity index (χ2n) is 4.65. The first-order valence-electron chi connectivity index (χ1n) is 6.38. The van der Waals surface area contributed by atoms with Gasteiger partial charge >= 0.3 is 0 Å². The van der Waals surface area contributed by atoms with Crippen molar-refractivity contribution in [1.29, 1.82) is 0 Å². The summed E-state index contributed by atoms with van der Waals surface area (Å²) < 4.78 is 7.43. The average Bonchev–Trinajstić information content (AvgIpc) is 3.07. The number of rotatable bonds is 3. The monoisotopic (exact) mass is 420 g/mol. The van der Waals surface area contributed by atoms with Crippen LogP contribution in [0.1, 0.15) is 18.8 Å². The van der Waals surface area contributed by atoms with Crippen molar-refractivity contribution >= 4 is 43.2 Å². The van der Waals surface area contributed by atoms with Crippen LogP contribution in [0.3, 0.4) is 0 Å². The minimum Gasteiger partial charge on any atom is -0.333 e. The largest absolute Gasteiger partial charge is 0.333 e. The molecule has 2 aromatic heterocycles. The third-order valence-corrected chi connectivity index (χ3v) is 6.61. The van der Waals surface area contributed by atoms with E-state index in [9.17, 15) is 0 Å². The average molecular weight is 422 g/mol. The van der Waals surface area contributed by atoms with Crippen LogP contribution in [-0.2, 0) is 0 Å². The van der Waals surface area contributed by atoms with E-state index in [4.69, 9.17) is 4.52 Å². The Labute approximate surface area is 138 Å². The van der Waals surface area contributed by atoms with Crippen LogP contribution in [0, 0.1) is 0 Å². The summed E-state index contributed by atoms with van der Waals surface area (Å²) in [6.45, 7) is 6.18. The molecule has 3 rings (SSSR count). The first kappa shape index (κ1) is 14.6. The molecule has 1 aliphatic heterocycles. The summed E-state index contributed by atoms with van der Waals surface area (Å²) in [5, 5.41) is 7.48. The van der Waals surface area contributed by atoms with Crippen LogP contribution < -0.4 is 5.32 Å². The zero-order valence-electron chi connectivity index (χ0n) is 10.9. The van der Waals surface area contributed by atoms with E-state index in [1.54, 1.807) is 11.3 Å². The highest BCUT2D eigenvalue weighted by molar-refractivity contribution is 9.13. The molecule has 1 atom stereocenters. The van der Waals surface area contributed by atoms with E-state index in [-0.39, 0.29) is 6.04 Å². The molecule has 108 valence electrons. The number of nitrogens with zero attached hydrogens (tertiary/aromatic N) is 3. The Hall–Kier alpha value is -0.280. The number of hydrogen-bond donors (Lipinski definition) is 1. The van der Waals surface area contributed by atoms with E-state index < -0.39 is 0 Å². The van der Waals surface area contributed by atoms with Crippen molar-refractivity contribution in [2.45, 2.75) is 13.0 Å². The second kappa shape index (κ2) is 6.23. The number of thiophene rings is 1. The first-order chi connectivity index (χ1) is 9.65.